The van der Waals surface area contributed by atoms with Gasteiger partial charge in [0.05, 0.1) is 39.0 Å². The summed E-state index contributed by atoms with van der Waals surface area (Å²) in [4.78, 5) is 21.9. The number of hydrogen-bond acceptors (Lipinski definition) is 8. The van der Waals surface area contributed by atoms with Gasteiger partial charge >= 0.3 is 5.97 Å². The van der Waals surface area contributed by atoms with Gasteiger partial charge < -0.3 is 46.2 Å². The Morgan fingerprint density at radius 2 is 1.11 bits per heavy atom. The highest BCUT2D eigenvalue weighted by Gasteiger charge is 2.11. The largest absolute Gasteiger partial charge is 0.545 e. The van der Waals surface area contributed by atoms with Crippen molar-refractivity contribution in [1.29, 1.82) is 0 Å². The van der Waals surface area contributed by atoms with E-state index in [0.717, 1.165) is 32.9 Å². The lowest BCUT2D eigenvalue weighted by atomic mass is 10.0. The molecule has 0 aliphatic heterocycles. The average molecular weight is 611 g/mol. The number of quaternary nitrogens is 1. The first-order valence-electron chi connectivity index (χ1n) is 13.8. The zero-order chi connectivity index (χ0) is 33.8. The minimum Gasteiger partial charge on any atom is -0.545 e. The van der Waals surface area contributed by atoms with E-state index in [4.69, 9.17) is 30.5 Å². The highest BCUT2D eigenvalue weighted by atomic mass is 16.5. The molecule has 0 aliphatic carbocycles. The lowest BCUT2D eigenvalue weighted by molar-refractivity contribution is -0.471. The van der Waals surface area contributed by atoms with E-state index in [9.17, 15) is 14.7 Å². The first-order valence-corrected chi connectivity index (χ1v) is 13.8. The number of rotatable bonds is 6. The third-order valence-electron chi connectivity index (χ3n) is 6.07. The number of carbonyl (C=O) groups excluding carboxylic acids is 1. The van der Waals surface area contributed by atoms with E-state index in [2.05, 4.69) is 5.73 Å². The molecular formula is C34H46N2O8. The Morgan fingerprint density at radius 1 is 0.750 bits per heavy atom. The molecule has 0 aromatic heterocycles. The zero-order valence-corrected chi connectivity index (χ0v) is 26.9. The van der Waals surface area contributed by atoms with Crippen molar-refractivity contribution in [3.8, 4) is 11.5 Å². The van der Waals surface area contributed by atoms with Crippen LogP contribution in [0.3, 0.4) is 0 Å². The van der Waals surface area contributed by atoms with E-state index in [0.29, 0.717) is 16.9 Å². The molecule has 8 N–H and O–H groups in total. The first-order chi connectivity index (χ1) is 20.3. The van der Waals surface area contributed by atoms with E-state index in [1.54, 1.807) is 60.1 Å². The number of aromatic carboxylic acids is 2. The molecule has 44 heavy (non-hydrogen) atoms. The van der Waals surface area contributed by atoms with E-state index in [1.165, 1.54) is 0 Å². The second-order valence-electron chi connectivity index (χ2n) is 11.8. The van der Waals surface area contributed by atoms with Crippen LogP contribution in [0.4, 0.5) is 0 Å². The maximum atomic E-state index is 11.0. The quantitative estimate of drug-likeness (QED) is 0.218. The van der Waals surface area contributed by atoms with Crippen LogP contribution in [0.5, 0.6) is 11.5 Å². The smallest absolute Gasteiger partial charge is 0.335 e. The van der Waals surface area contributed by atoms with Crippen LogP contribution in [0.15, 0.2) is 60.7 Å². The summed E-state index contributed by atoms with van der Waals surface area (Å²) in [6, 6.07) is 18.2. The molecule has 0 unspecified atom stereocenters. The van der Waals surface area contributed by atoms with Gasteiger partial charge in [0, 0.05) is 11.1 Å². The maximum absolute atomic E-state index is 11.0. The molecule has 4 rings (SSSR count). The number of aliphatic hydroxyl groups excluding tert-OH is 2. The maximum Gasteiger partial charge on any atom is 0.335 e. The monoisotopic (exact) mass is 610 g/mol. The Kier molecular flexibility index (Phi) is 14.2. The molecule has 10 heteroatoms. The number of aryl methyl sites for hydroxylation is 2. The first kappa shape index (κ1) is 37.8. The van der Waals surface area contributed by atoms with Gasteiger partial charge in [0.2, 0.25) is 0 Å². The molecule has 0 radical (unpaired) electrons. The summed E-state index contributed by atoms with van der Waals surface area (Å²) in [6.45, 7) is 11.1. The van der Waals surface area contributed by atoms with Crippen molar-refractivity contribution in [2.24, 2.45) is 5.73 Å². The van der Waals surface area contributed by atoms with Crippen LogP contribution in [0.25, 0.3) is 21.5 Å². The van der Waals surface area contributed by atoms with Gasteiger partial charge in [-0.25, -0.2) is 4.79 Å². The number of carbonyl (C=O) groups is 2. The SMILES string of the molecule is CC(C)(N)CO.CC(C)([NH3+])CO.COc1ccc2cc(C)c(C(=O)O)cc2c1.COc1ccc2cc(C)c(C(=O)[O-])cc2c1. The second-order valence-corrected chi connectivity index (χ2v) is 11.8. The van der Waals surface area contributed by atoms with E-state index >= 15 is 0 Å². The summed E-state index contributed by atoms with van der Waals surface area (Å²) in [6.07, 6.45) is 0. The number of ether oxygens (including phenoxy) is 2. The average Bonchev–Trinajstić information content (AvgIpc) is 2.96. The normalized spacial score (nSPS) is 10.8. The molecule has 240 valence electrons. The molecule has 0 saturated carbocycles. The van der Waals surface area contributed by atoms with E-state index < -0.39 is 17.5 Å². The van der Waals surface area contributed by atoms with Crippen LogP contribution in [0.2, 0.25) is 0 Å². The lowest BCUT2D eigenvalue weighted by Gasteiger charge is -2.12. The molecular weight excluding hydrogens is 564 g/mol. The van der Waals surface area contributed by atoms with Crippen LogP contribution in [0, 0.1) is 13.8 Å². The zero-order valence-electron chi connectivity index (χ0n) is 26.9. The number of nitrogens with two attached hydrogens (primary N) is 1. The number of carboxylic acids is 2. The minimum atomic E-state index is -1.15. The van der Waals surface area contributed by atoms with Crippen LogP contribution >= 0.6 is 0 Å². The summed E-state index contributed by atoms with van der Waals surface area (Å²) >= 11 is 0. The van der Waals surface area contributed by atoms with Gasteiger partial charge in [0.1, 0.15) is 17.0 Å². The predicted octanol–water partition coefficient (Wildman–Crippen LogP) is 3.09. The number of aliphatic hydroxyl groups is 2. The molecule has 0 spiro atoms. The van der Waals surface area contributed by atoms with Gasteiger partial charge in [-0.3, -0.25) is 0 Å². The van der Waals surface area contributed by atoms with Crippen LogP contribution in [-0.4, -0.2) is 65.8 Å². The Bertz CT molecular complexity index is 1440. The van der Waals surface area contributed by atoms with Crippen molar-refractivity contribution in [1.82, 2.24) is 0 Å². The van der Waals surface area contributed by atoms with Crippen molar-refractivity contribution in [2.45, 2.75) is 52.6 Å². The third kappa shape index (κ3) is 12.6. The molecule has 0 aliphatic rings. The molecule has 10 nitrogen and oxygen atoms in total. The number of hydrogen-bond donors (Lipinski definition) is 5. The number of fused-ring (bicyclic) bond motifs is 2. The van der Waals surface area contributed by atoms with Crippen LogP contribution in [0.1, 0.15) is 59.5 Å². The fourth-order valence-electron chi connectivity index (χ4n) is 3.48. The Morgan fingerprint density at radius 3 is 1.41 bits per heavy atom. The highest BCUT2D eigenvalue weighted by molar-refractivity contribution is 5.97. The van der Waals surface area contributed by atoms with Gasteiger partial charge in [-0.05, 0) is 111 Å². The van der Waals surface area contributed by atoms with Crippen molar-refractivity contribution >= 4 is 33.5 Å². The number of benzene rings is 4. The van der Waals surface area contributed by atoms with E-state index in [1.807, 2.05) is 56.3 Å². The molecule has 0 fully saturated rings. The molecule has 4 aromatic rings. The van der Waals surface area contributed by atoms with Crippen molar-refractivity contribution in [2.75, 3.05) is 27.4 Å². The summed E-state index contributed by atoms with van der Waals surface area (Å²) in [5.74, 6) is -0.613. The van der Waals surface area contributed by atoms with Gasteiger partial charge in [0.25, 0.3) is 0 Å². The molecule has 0 atom stereocenters. The number of methoxy groups -OCH3 is 2. The summed E-state index contributed by atoms with van der Waals surface area (Å²) in [5, 5.41) is 40.2. The minimum absolute atomic E-state index is 0.0486. The topological polar surface area (TPSA) is 190 Å². The molecule has 0 amide bonds. The fourth-order valence-corrected chi connectivity index (χ4v) is 3.48. The number of carboxylic acid groups (broad SMARTS) is 2. The molecule has 0 bridgehead atoms. The van der Waals surface area contributed by atoms with Gasteiger partial charge in [-0.2, -0.15) is 0 Å². The van der Waals surface area contributed by atoms with Crippen molar-refractivity contribution < 1.29 is 45.2 Å². The standard InChI is InChI=1S/2C13H12O3.2C4H11NO/c2*1-8-5-9-3-4-11(16-2)6-10(9)7-12(8)13(14)15;2*1-4(2,5)3-6/h2*3-7H,1-2H3,(H,14,15);2*6H,3,5H2,1-2H3. The van der Waals surface area contributed by atoms with E-state index in [-0.39, 0.29) is 24.3 Å². The summed E-state index contributed by atoms with van der Waals surface area (Å²) in [5.41, 5.74) is 10.4. The van der Waals surface area contributed by atoms with Crippen molar-refractivity contribution in [3.05, 3.63) is 82.9 Å². The van der Waals surface area contributed by atoms with Crippen LogP contribution < -0.4 is 26.0 Å². The fraction of sp³-hybridized carbons (Fsp3) is 0.353. The third-order valence-corrected chi connectivity index (χ3v) is 6.07. The highest BCUT2D eigenvalue weighted by Crippen LogP contribution is 2.25. The van der Waals surface area contributed by atoms with Crippen LogP contribution in [-0.2, 0) is 0 Å². The lowest BCUT2D eigenvalue weighted by Crippen LogP contribution is -2.71. The predicted molar refractivity (Wildman–Crippen MR) is 171 cm³/mol. The molecule has 0 saturated heterocycles. The van der Waals surface area contributed by atoms with Gasteiger partial charge in [-0.1, -0.05) is 24.3 Å². The van der Waals surface area contributed by atoms with Gasteiger partial charge in [-0.15, -0.1) is 0 Å². The Hall–Kier alpha value is -4.22. The van der Waals surface area contributed by atoms with Crippen molar-refractivity contribution in [3.63, 3.8) is 0 Å². The Balaban J connectivity index is 0.000000325. The Labute approximate surface area is 258 Å². The summed E-state index contributed by atoms with van der Waals surface area (Å²) < 4.78 is 10.2. The second kappa shape index (κ2) is 16.6. The summed E-state index contributed by atoms with van der Waals surface area (Å²) in [7, 11) is 3.17. The van der Waals surface area contributed by atoms with Gasteiger partial charge in [0.15, 0.2) is 0 Å². The molecule has 0 heterocycles. The molecule has 4 aromatic carbocycles.